The second kappa shape index (κ2) is 5.60. The molecule has 2 aliphatic heterocycles. The van der Waals surface area contributed by atoms with Crippen molar-refractivity contribution in [2.75, 3.05) is 11.4 Å². The smallest absolute Gasteiger partial charge is 0.241 e. The highest BCUT2D eigenvalue weighted by Crippen LogP contribution is 2.53. The van der Waals surface area contributed by atoms with Gasteiger partial charge in [-0.25, -0.2) is 0 Å². The zero-order valence-electron chi connectivity index (χ0n) is 18.5. The number of rotatable bonds is 1. The zero-order chi connectivity index (χ0) is 21.8. The van der Waals surface area contributed by atoms with E-state index in [0.29, 0.717) is 6.54 Å². The number of hydrogen-bond donors (Lipinski definition) is 1. The van der Waals surface area contributed by atoms with E-state index in [2.05, 4.69) is 104 Å². The van der Waals surface area contributed by atoms with Crippen molar-refractivity contribution < 1.29 is 4.79 Å². The highest BCUT2D eigenvalue weighted by molar-refractivity contribution is 6.25. The lowest BCUT2D eigenvalue weighted by molar-refractivity contribution is -0.119. The van der Waals surface area contributed by atoms with E-state index >= 15 is 0 Å². The fourth-order valence-corrected chi connectivity index (χ4v) is 6.19. The predicted octanol–water partition coefficient (Wildman–Crippen LogP) is 6.19. The molecular formula is C29H24N2O. The number of fused-ring (bicyclic) bond motifs is 3. The van der Waals surface area contributed by atoms with Crippen LogP contribution in [0.25, 0.3) is 43.4 Å². The molecule has 0 aliphatic carbocycles. The first-order valence-corrected chi connectivity index (χ1v) is 11.3. The van der Waals surface area contributed by atoms with Crippen LogP contribution in [0.4, 0.5) is 5.69 Å². The molecule has 156 valence electrons. The molecular weight excluding hydrogens is 392 g/mol. The molecule has 32 heavy (non-hydrogen) atoms. The molecule has 1 unspecified atom stereocenters. The summed E-state index contributed by atoms with van der Waals surface area (Å²) < 4.78 is 0. The Morgan fingerprint density at radius 1 is 0.812 bits per heavy atom. The van der Waals surface area contributed by atoms with E-state index in [9.17, 15) is 4.79 Å². The van der Waals surface area contributed by atoms with Crippen LogP contribution < -0.4 is 10.2 Å². The number of amides is 1. The second-order valence-corrected chi connectivity index (χ2v) is 10.0. The van der Waals surface area contributed by atoms with Crippen LogP contribution in [0.15, 0.2) is 72.8 Å². The monoisotopic (exact) mass is 416 g/mol. The summed E-state index contributed by atoms with van der Waals surface area (Å²) >= 11 is 0. The van der Waals surface area contributed by atoms with Gasteiger partial charge in [0.2, 0.25) is 5.91 Å². The van der Waals surface area contributed by atoms with E-state index in [0.717, 1.165) is 5.69 Å². The van der Waals surface area contributed by atoms with Crippen molar-refractivity contribution in [3.8, 4) is 11.1 Å². The summed E-state index contributed by atoms with van der Waals surface area (Å²) in [6, 6.07) is 26.8. The molecule has 1 atom stereocenters. The van der Waals surface area contributed by atoms with Gasteiger partial charge < -0.3 is 10.2 Å². The maximum Gasteiger partial charge on any atom is 0.241 e. The Hall–Kier alpha value is -3.59. The van der Waals surface area contributed by atoms with E-state index in [1.54, 1.807) is 0 Å². The molecule has 1 N–H and O–H groups in total. The SMILES string of the molecule is CC1(C)c2cc(-c3ccc4ccc5cccc6ccc3c4c56)ccc2N2CC(=O)NC21C. The van der Waals surface area contributed by atoms with Gasteiger partial charge in [-0.2, -0.15) is 0 Å². The first-order chi connectivity index (χ1) is 15.4. The van der Waals surface area contributed by atoms with E-state index in [1.807, 2.05) is 0 Å². The largest absolute Gasteiger partial charge is 0.339 e. The van der Waals surface area contributed by atoms with Crippen LogP contribution in [0.5, 0.6) is 0 Å². The minimum Gasteiger partial charge on any atom is -0.339 e. The molecule has 0 spiro atoms. The molecule has 2 heterocycles. The van der Waals surface area contributed by atoms with Crippen LogP contribution in [0, 0.1) is 0 Å². The average molecular weight is 417 g/mol. The van der Waals surface area contributed by atoms with Crippen LogP contribution in [0.2, 0.25) is 0 Å². The maximum absolute atomic E-state index is 12.2. The van der Waals surface area contributed by atoms with Gasteiger partial charge in [0.05, 0.1) is 6.54 Å². The predicted molar refractivity (Wildman–Crippen MR) is 133 cm³/mol. The first kappa shape index (κ1) is 18.0. The molecule has 5 aromatic rings. The molecule has 0 saturated carbocycles. The number of carbonyl (C=O) groups is 1. The standard InChI is InChI=1S/C29H24N2O/c1-28(2)23-15-20(11-14-24(23)31-16-25(32)30-29(28,31)3)21-12-9-19-8-7-17-5-4-6-18-10-13-22(21)27(19)26(17)18/h4-15H,16H2,1-3H3,(H,30,32). The highest BCUT2D eigenvalue weighted by atomic mass is 16.2. The molecule has 3 nitrogen and oxygen atoms in total. The number of nitrogens with one attached hydrogen (secondary N) is 1. The van der Waals surface area contributed by atoms with E-state index < -0.39 is 5.66 Å². The zero-order valence-corrected chi connectivity index (χ0v) is 18.5. The van der Waals surface area contributed by atoms with Crippen molar-refractivity contribution in [3.63, 3.8) is 0 Å². The van der Waals surface area contributed by atoms with Gasteiger partial charge in [0.1, 0.15) is 5.66 Å². The number of hydrogen-bond acceptors (Lipinski definition) is 2. The summed E-state index contributed by atoms with van der Waals surface area (Å²) in [5.74, 6) is 0.0991. The van der Waals surface area contributed by atoms with Crippen LogP contribution in [-0.4, -0.2) is 18.1 Å². The quantitative estimate of drug-likeness (QED) is 0.330. The molecule has 0 radical (unpaired) electrons. The molecule has 5 aromatic carbocycles. The third-order valence-corrected chi connectivity index (χ3v) is 8.24. The van der Waals surface area contributed by atoms with Crippen LogP contribution in [0.3, 0.4) is 0 Å². The van der Waals surface area contributed by atoms with Gasteiger partial charge in [0, 0.05) is 11.1 Å². The van der Waals surface area contributed by atoms with Crippen molar-refractivity contribution in [1.82, 2.24) is 5.32 Å². The minimum atomic E-state index is -0.395. The number of benzene rings is 5. The Balaban J connectivity index is 1.49. The molecule has 1 amide bonds. The van der Waals surface area contributed by atoms with Gasteiger partial charge in [-0.3, -0.25) is 4.79 Å². The van der Waals surface area contributed by atoms with Gasteiger partial charge in [-0.1, -0.05) is 74.5 Å². The molecule has 0 bridgehead atoms. The number of nitrogens with zero attached hydrogens (tertiary/aromatic N) is 1. The highest BCUT2D eigenvalue weighted by Gasteiger charge is 2.58. The van der Waals surface area contributed by atoms with Gasteiger partial charge in [0.25, 0.3) is 0 Å². The summed E-state index contributed by atoms with van der Waals surface area (Å²) in [4.78, 5) is 14.4. The Morgan fingerprint density at radius 3 is 2.28 bits per heavy atom. The molecule has 7 rings (SSSR count). The van der Waals surface area contributed by atoms with E-state index in [1.165, 1.54) is 49.0 Å². The lowest BCUT2D eigenvalue weighted by Gasteiger charge is -2.39. The van der Waals surface area contributed by atoms with Crippen molar-refractivity contribution in [1.29, 1.82) is 0 Å². The molecule has 1 saturated heterocycles. The third kappa shape index (κ3) is 2.00. The van der Waals surface area contributed by atoms with Gasteiger partial charge in [-0.05, 0) is 68.1 Å². The molecule has 0 aromatic heterocycles. The lowest BCUT2D eigenvalue weighted by atomic mass is 9.76. The van der Waals surface area contributed by atoms with Crippen LogP contribution in [0.1, 0.15) is 26.3 Å². The Kier molecular flexibility index (Phi) is 3.16. The number of anilines is 1. The van der Waals surface area contributed by atoms with Crippen molar-refractivity contribution in [3.05, 3.63) is 78.4 Å². The Morgan fingerprint density at radius 2 is 1.50 bits per heavy atom. The van der Waals surface area contributed by atoms with Gasteiger partial charge >= 0.3 is 0 Å². The normalized spacial score (nSPS) is 21.5. The Bertz CT molecular complexity index is 1580. The van der Waals surface area contributed by atoms with Crippen molar-refractivity contribution >= 4 is 43.9 Å². The summed E-state index contributed by atoms with van der Waals surface area (Å²) in [6.45, 7) is 7.05. The maximum atomic E-state index is 12.2. The second-order valence-electron chi connectivity index (χ2n) is 10.0. The van der Waals surface area contributed by atoms with E-state index in [-0.39, 0.29) is 11.3 Å². The fraction of sp³-hybridized carbons (Fsp3) is 0.207. The average Bonchev–Trinajstić information content (AvgIpc) is 3.19. The molecule has 1 fully saturated rings. The molecule has 2 aliphatic rings. The van der Waals surface area contributed by atoms with E-state index in [4.69, 9.17) is 0 Å². The fourth-order valence-electron chi connectivity index (χ4n) is 6.19. The van der Waals surface area contributed by atoms with Crippen LogP contribution in [-0.2, 0) is 10.2 Å². The first-order valence-electron chi connectivity index (χ1n) is 11.3. The lowest BCUT2D eigenvalue weighted by Crippen LogP contribution is -2.57. The van der Waals surface area contributed by atoms with Gasteiger partial charge in [-0.15, -0.1) is 0 Å². The van der Waals surface area contributed by atoms with Crippen LogP contribution >= 0.6 is 0 Å². The topological polar surface area (TPSA) is 32.3 Å². The van der Waals surface area contributed by atoms with Crippen molar-refractivity contribution in [2.45, 2.75) is 31.8 Å². The Labute approximate surface area is 187 Å². The van der Waals surface area contributed by atoms with Gasteiger partial charge in [0.15, 0.2) is 0 Å². The number of carbonyl (C=O) groups excluding carboxylic acids is 1. The summed E-state index contributed by atoms with van der Waals surface area (Å²) in [5.41, 5.74) is 4.35. The summed E-state index contributed by atoms with van der Waals surface area (Å²) in [7, 11) is 0. The minimum absolute atomic E-state index is 0.0991. The third-order valence-electron chi connectivity index (χ3n) is 8.24. The summed E-state index contributed by atoms with van der Waals surface area (Å²) in [5, 5.41) is 11.1. The summed E-state index contributed by atoms with van der Waals surface area (Å²) in [6.07, 6.45) is 0. The van der Waals surface area contributed by atoms with Crippen molar-refractivity contribution in [2.24, 2.45) is 0 Å². The molecule has 3 heteroatoms.